The molecule has 0 aromatic carbocycles. The summed E-state index contributed by atoms with van der Waals surface area (Å²) in [7, 11) is 1.92. The van der Waals surface area contributed by atoms with Crippen LogP contribution < -0.4 is 0 Å². The van der Waals surface area contributed by atoms with Crippen LogP contribution in [0, 0.1) is 13.8 Å². The normalized spacial score (nSPS) is 10.5. The molecule has 0 bridgehead atoms. The molecule has 2 aromatic heterocycles. The summed E-state index contributed by atoms with van der Waals surface area (Å²) in [6.07, 6.45) is 3.87. The van der Waals surface area contributed by atoms with Crippen LogP contribution in [0.2, 0.25) is 0 Å². The second-order valence-electron chi connectivity index (χ2n) is 3.52. The van der Waals surface area contributed by atoms with Gasteiger partial charge in [-0.25, -0.2) is 0 Å². The van der Waals surface area contributed by atoms with Crippen LogP contribution in [0.4, 0.5) is 0 Å². The van der Waals surface area contributed by atoms with Crippen molar-refractivity contribution in [2.75, 3.05) is 0 Å². The molecule has 0 radical (unpaired) electrons. The molecule has 0 aliphatic carbocycles. The molecule has 72 valence electrons. The molecule has 0 aliphatic rings. The van der Waals surface area contributed by atoms with E-state index in [1.807, 2.05) is 44.0 Å². The Balaban J connectivity index is 2.49. The molecule has 0 spiro atoms. The Morgan fingerprint density at radius 2 is 2.00 bits per heavy atom. The largest absolute Gasteiger partial charge is 0.275 e. The van der Waals surface area contributed by atoms with Crippen molar-refractivity contribution in [2.24, 2.45) is 7.05 Å². The first-order chi connectivity index (χ1) is 6.66. The number of aromatic nitrogens is 3. The third-order valence-electron chi connectivity index (χ3n) is 2.20. The highest BCUT2D eigenvalue weighted by Crippen LogP contribution is 2.19. The quantitative estimate of drug-likeness (QED) is 0.684. The molecular weight excluding hydrogens is 174 g/mol. The fourth-order valence-electron chi connectivity index (χ4n) is 1.48. The van der Waals surface area contributed by atoms with Gasteiger partial charge in [0.15, 0.2) is 0 Å². The number of rotatable bonds is 1. The fourth-order valence-corrected chi connectivity index (χ4v) is 1.48. The zero-order valence-corrected chi connectivity index (χ0v) is 8.65. The van der Waals surface area contributed by atoms with Gasteiger partial charge in [0.1, 0.15) is 0 Å². The molecule has 2 rings (SSSR count). The molecule has 0 unspecified atom stereocenters. The summed E-state index contributed by atoms with van der Waals surface area (Å²) in [4.78, 5) is 4.37. The summed E-state index contributed by atoms with van der Waals surface area (Å²) in [6.45, 7) is 4.03. The molecule has 2 aromatic rings. The average Bonchev–Trinajstić information content (AvgIpc) is 2.47. The fraction of sp³-hybridized carbons (Fsp3) is 0.273. The lowest BCUT2D eigenvalue weighted by Crippen LogP contribution is -1.86. The van der Waals surface area contributed by atoms with Crippen molar-refractivity contribution >= 4 is 0 Å². The van der Waals surface area contributed by atoms with Crippen LogP contribution in [-0.4, -0.2) is 14.8 Å². The maximum Gasteiger partial charge on any atom is 0.0736 e. The van der Waals surface area contributed by atoms with Gasteiger partial charge in [-0.3, -0.25) is 9.67 Å². The van der Waals surface area contributed by atoms with Crippen molar-refractivity contribution in [3.8, 4) is 11.3 Å². The third kappa shape index (κ3) is 1.53. The van der Waals surface area contributed by atoms with Gasteiger partial charge in [-0.2, -0.15) is 5.10 Å². The van der Waals surface area contributed by atoms with E-state index in [1.54, 1.807) is 0 Å². The van der Waals surface area contributed by atoms with Crippen molar-refractivity contribution < 1.29 is 0 Å². The Morgan fingerprint density at radius 1 is 1.21 bits per heavy atom. The van der Waals surface area contributed by atoms with E-state index in [2.05, 4.69) is 16.1 Å². The Labute approximate surface area is 83.4 Å². The van der Waals surface area contributed by atoms with Crippen LogP contribution in [0.15, 0.2) is 24.5 Å². The van der Waals surface area contributed by atoms with Crippen LogP contribution in [0.5, 0.6) is 0 Å². The smallest absolute Gasteiger partial charge is 0.0736 e. The number of aryl methyl sites for hydroxylation is 3. The Hall–Kier alpha value is -1.64. The van der Waals surface area contributed by atoms with Crippen molar-refractivity contribution in [1.82, 2.24) is 14.8 Å². The molecule has 3 heteroatoms. The van der Waals surface area contributed by atoms with E-state index in [0.29, 0.717) is 0 Å². The number of hydrogen-bond donors (Lipinski definition) is 0. The van der Waals surface area contributed by atoms with Gasteiger partial charge in [0.2, 0.25) is 0 Å². The molecule has 14 heavy (non-hydrogen) atoms. The van der Waals surface area contributed by atoms with Crippen molar-refractivity contribution in [3.63, 3.8) is 0 Å². The minimum absolute atomic E-state index is 0.987. The van der Waals surface area contributed by atoms with Gasteiger partial charge in [-0.05, 0) is 25.5 Å². The maximum atomic E-state index is 4.37. The zero-order valence-electron chi connectivity index (χ0n) is 8.65. The van der Waals surface area contributed by atoms with Gasteiger partial charge in [0.05, 0.1) is 11.4 Å². The lowest BCUT2D eigenvalue weighted by molar-refractivity contribution is 0.756. The molecule has 3 nitrogen and oxygen atoms in total. The number of nitrogens with zero attached hydrogens (tertiary/aromatic N) is 3. The first-order valence-corrected chi connectivity index (χ1v) is 4.60. The van der Waals surface area contributed by atoms with Crippen molar-refractivity contribution in [2.45, 2.75) is 13.8 Å². The van der Waals surface area contributed by atoms with Gasteiger partial charge in [-0.1, -0.05) is 6.07 Å². The molecule has 0 saturated carbocycles. The van der Waals surface area contributed by atoms with Crippen molar-refractivity contribution in [1.29, 1.82) is 0 Å². The predicted molar refractivity (Wildman–Crippen MR) is 55.9 cm³/mol. The van der Waals surface area contributed by atoms with Crippen LogP contribution >= 0.6 is 0 Å². The highest BCUT2D eigenvalue weighted by molar-refractivity contribution is 5.60. The van der Waals surface area contributed by atoms with Gasteiger partial charge >= 0.3 is 0 Å². The van der Waals surface area contributed by atoms with Gasteiger partial charge in [0, 0.05) is 25.0 Å². The van der Waals surface area contributed by atoms with Gasteiger partial charge < -0.3 is 0 Å². The lowest BCUT2D eigenvalue weighted by Gasteiger charge is -1.97. The predicted octanol–water partition coefficient (Wildman–Crippen LogP) is 2.10. The Kier molecular flexibility index (Phi) is 2.08. The van der Waals surface area contributed by atoms with Crippen LogP contribution in [0.25, 0.3) is 11.3 Å². The summed E-state index contributed by atoms with van der Waals surface area (Å²) < 4.78 is 1.81. The minimum Gasteiger partial charge on any atom is -0.275 e. The topological polar surface area (TPSA) is 30.7 Å². The SMILES string of the molecule is Cc1ccc(-c2cn(C)nc2C)nc1. The Morgan fingerprint density at radius 3 is 2.50 bits per heavy atom. The number of hydrogen-bond acceptors (Lipinski definition) is 2. The molecule has 2 heterocycles. The van der Waals surface area contributed by atoms with E-state index in [-0.39, 0.29) is 0 Å². The van der Waals surface area contributed by atoms with E-state index in [4.69, 9.17) is 0 Å². The van der Waals surface area contributed by atoms with E-state index in [0.717, 1.165) is 17.0 Å². The van der Waals surface area contributed by atoms with Gasteiger partial charge in [-0.15, -0.1) is 0 Å². The first kappa shape index (κ1) is 8.94. The summed E-state index contributed by atoms with van der Waals surface area (Å²) in [5.74, 6) is 0. The van der Waals surface area contributed by atoms with E-state index in [1.165, 1.54) is 5.56 Å². The van der Waals surface area contributed by atoms with Gasteiger partial charge in [0.25, 0.3) is 0 Å². The molecule has 0 fully saturated rings. The summed E-state index contributed by atoms with van der Waals surface area (Å²) in [6, 6.07) is 4.09. The highest BCUT2D eigenvalue weighted by Gasteiger charge is 2.05. The van der Waals surface area contributed by atoms with E-state index in [9.17, 15) is 0 Å². The molecule has 0 aliphatic heterocycles. The van der Waals surface area contributed by atoms with Crippen LogP contribution in [-0.2, 0) is 7.05 Å². The Bertz CT molecular complexity index is 440. The molecule has 0 N–H and O–H groups in total. The zero-order chi connectivity index (χ0) is 10.1. The highest BCUT2D eigenvalue weighted by atomic mass is 15.2. The molecule has 0 amide bonds. The molecule has 0 atom stereocenters. The summed E-state index contributed by atoms with van der Waals surface area (Å²) >= 11 is 0. The number of pyridine rings is 1. The lowest BCUT2D eigenvalue weighted by atomic mass is 10.1. The minimum atomic E-state index is 0.987. The van der Waals surface area contributed by atoms with Crippen LogP contribution in [0.1, 0.15) is 11.3 Å². The second kappa shape index (κ2) is 3.25. The summed E-state index contributed by atoms with van der Waals surface area (Å²) in [5.41, 5.74) is 4.29. The third-order valence-corrected chi connectivity index (χ3v) is 2.20. The van der Waals surface area contributed by atoms with E-state index < -0.39 is 0 Å². The first-order valence-electron chi connectivity index (χ1n) is 4.60. The monoisotopic (exact) mass is 187 g/mol. The van der Waals surface area contributed by atoms with E-state index >= 15 is 0 Å². The van der Waals surface area contributed by atoms with Crippen LogP contribution in [0.3, 0.4) is 0 Å². The standard InChI is InChI=1S/C11H13N3/c1-8-4-5-11(12-6-8)10-7-14(3)13-9(10)2/h4-7H,1-3H3. The molecular formula is C11H13N3. The second-order valence-corrected chi connectivity index (χ2v) is 3.52. The maximum absolute atomic E-state index is 4.37. The summed E-state index contributed by atoms with van der Waals surface area (Å²) in [5, 5.41) is 4.29. The average molecular weight is 187 g/mol. The molecule has 0 saturated heterocycles. The van der Waals surface area contributed by atoms with Crippen molar-refractivity contribution in [3.05, 3.63) is 35.8 Å².